The number of carboxylic acid groups (broad SMARTS) is 1. The Balaban J connectivity index is 3.19. The zero-order valence-corrected chi connectivity index (χ0v) is 11.7. The van der Waals surface area contributed by atoms with Gasteiger partial charge >= 0.3 is 5.97 Å². The molecule has 0 saturated heterocycles. The van der Waals surface area contributed by atoms with Crippen molar-refractivity contribution in [3.05, 3.63) is 27.8 Å². The molecule has 0 bridgehead atoms. The van der Waals surface area contributed by atoms with Gasteiger partial charge in [-0.15, -0.1) is 0 Å². The minimum atomic E-state index is -1.39. The van der Waals surface area contributed by atoms with Crippen LogP contribution in [0.4, 0.5) is 5.69 Å². The molecule has 7 nitrogen and oxygen atoms in total. The van der Waals surface area contributed by atoms with Crippen LogP contribution in [0.5, 0.6) is 11.5 Å². The molecular weight excluding hydrogens is 322 g/mol. The summed E-state index contributed by atoms with van der Waals surface area (Å²) in [4.78, 5) is 21.0. The summed E-state index contributed by atoms with van der Waals surface area (Å²) in [6.07, 6.45) is 0.706. The van der Waals surface area contributed by atoms with Gasteiger partial charge in [0.05, 0.1) is 24.7 Å². The Morgan fingerprint density at radius 2 is 2.16 bits per heavy atom. The number of hydrogen-bond donors (Lipinski definition) is 1. The molecule has 1 N–H and O–H groups in total. The number of aromatic carboxylic acids is 1. The van der Waals surface area contributed by atoms with Crippen molar-refractivity contribution in [1.29, 1.82) is 0 Å². The lowest BCUT2D eigenvalue weighted by Gasteiger charge is -2.11. The summed E-state index contributed by atoms with van der Waals surface area (Å²) in [5.74, 6) is -1.09. The highest BCUT2D eigenvalue weighted by molar-refractivity contribution is 9.09. The van der Waals surface area contributed by atoms with Crippen molar-refractivity contribution in [3.63, 3.8) is 0 Å². The largest absolute Gasteiger partial charge is 0.493 e. The summed E-state index contributed by atoms with van der Waals surface area (Å²) < 4.78 is 10.3. The number of ether oxygens (including phenoxy) is 2. The zero-order chi connectivity index (χ0) is 14.4. The number of nitro groups is 1. The van der Waals surface area contributed by atoms with E-state index >= 15 is 0 Å². The van der Waals surface area contributed by atoms with Crippen LogP contribution in [0.3, 0.4) is 0 Å². The minimum Gasteiger partial charge on any atom is -0.493 e. The maximum absolute atomic E-state index is 11.0. The molecule has 104 valence electrons. The minimum absolute atomic E-state index is 0.151. The molecule has 0 saturated carbocycles. The van der Waals surface area contributed by atoms with E-state index in [9.17, 15) is 14.9 Å². The van der Waals surface area contributed by atoms with Gasteiger partial charge in [0.15, 0.2) is 11.5 Å². The highest BCUT2D eigenvalue weighted by atomic mass is 79.9. The van der Waals surface area contributed by atoms with Gasteiger partial charge in [-0.1, -0.05) is 15.9 Å². The fourth-order valence-corrected chi connectivity index (χ4v) is 1.61. The molecule has 0 aromatic heterocycles. The molecule has 0 unspecified atom stereocenters. The number of nitrogens with zero attached hydrogens (tertiary/aromatic N) is 1. The van der Waals surface area contributed by atoms with E-state index in [-0.39, 0.29) is 11.5 Å². The van der Waals surface area contributed by atoms with E-state index < -0.39 is 22.1 Å². The van der Waals surface area contributed by atoms with E-state index in [4.69, 9.17) is 14.6 Å². The summed E-state index contributed by atoms with van der Waals surface area (Å²) in [5, 5.41) is 20.5. The third kappa shape index (κ3) is 3.82. The quantitative estimate of drug-likeness (QED) is 0.356. The summed E-state index contributed by atoms with van der Waals surface area (Å²) in [6.45, 7) is 0.338. The third-order valence-electron chi connectivity index (χ3n) is 2.24. The first-order valence-corrected chi connectivity index (χ1v) is 6.42. The van der Waals surface area contributed by atoms with Crippen molar-refractivity contribution >= 4 is 27.6 Å². The highest BCUT2D eigenvalue weighted by Crippen LogP contribution is 2.34. The number of halogens is 1. The molecule has 0 heterocycles. The normalized spacial score (nSPS) is 10.0. The number of methoxy groups -OCH3 is 1. The fourth-order valence-electron chi connectivity index (χ4n) is 1.38. The maximum atomic E-state index is 11.0. The van der Waals surface area contributed by atoms with Gasteiger partial charge in [-0.05, 0) is 6.42 Å². The van der Waals surface area contributed by atoms with E-state index in [1.807, 2.05) is 0 Å². The van der Waals surface area contributed by atoms with Crippen molar-refractivity contribution in [2.45, 2.75) is 6.42 Å². The standard InChI is InChI=1S/C11H12BrNO6/c1-18-9-5-7(11(14)15)8(13(16)17)6-10(9)19-4-2-3-12/h5-6H,2-4H2,1H3,(H,14,15). The van der Waals surface area contributed by atoms with Crippen LogP contribution in [0.1, 0.15) is 16.8 Å². The van der Waals surface area contributed by atoms with Crippen molar-refractivity contribution in [2.75, 3.05) is 19.0 Å². The molecule has 19 heavy (non-hydrogen) atoms. The summed E-state index contributed by atoms with van der Waals surface area (Å²) in [5.41, 5.74) is -0.961. The summed E-state index contributed by atoms with van der Waals surface area (Å²) in [7, 11) is 1.34. The number of carboxylic acids is 1. The molecule has 1 aromatic carbocycles. The number of alkyl halides is 1. The lowest BCUT2D eigenvalue weighted by Crippen LogP contribution is -2.06. The first-order valence-electron chi connectivity index (χ1n) is 5.29. The van der Waals surface area contributed by atoms with Gasteiger partial charge < -0.3 is 14.6 Å². The monoisotopic (exact) mass is 333 g/mol. The molecule has 0 aliphatic heterocycles. The van der Waals surface area contributed by atoms with Crippen LogP contribution in [0.15, 0.2) is 12.1 Å². The van der Waals surface area contributed by atoms with E-state index in [1.54, 1.807) is 0 Å². The van der Waals surface area contributed by atoms with E-state index in [0.29, 0.717) is 13.0 Å². The van der Waals surface area contributed by atoms with Crippen molar-refractivity contribution in [3.8, 4) is 11.5 Å². The molecule has 0 amide bonds. The number of benzene rings is 1. The molecule has 0 radical (unpaired) electrons. The van der Waals surface area contributed by atoms with Gasteiger partial charge in [0.1, 0.15) is 5.56 Å². The molecule has 0 aliphatic carbocycles. The summed E-state index contributed by atoms with van der Waals surface area (Å²) >= 11 is 3.23. The second-order valence-corrected chi connectivity index (χ2v) is 4.27. The van der Waals surface area contributed by atoms with Crippen molar-refractivity contribution in [1.82, 2.24) is 0 Å². The lowest BCUT2D eigenvalue weighted by molar-refractivity contribution is -0.385. The lowest BCUT2D eigenvalue weighted by atomic mass is 10.1. The maximum Gasteiger partial charge on any atom is 0.342 e. The number of hydrogen-bond acceptors (Lipinski definition) is 5. The Hall–Kier alpha value is -1.83. The van der Waals surface area contributed by atoms with E-state index in [2.05, 4.69) is 15.9 Å². The molecule has 0 aliphatic rings. The average molecular weight is 334 g/mol. The van der Waals surface area contributed by atoms with Crippen LogP contribution in [0, 0.1) is 10.1 Å². The molecular formula is C11H12BrNO6. The molecule has 0 spiro atoms. The topological polar surface area (TPSA) is 98.9 Å². The number of nitro benzene ring substituents is 1. The van der Waals surface area contributed by atoms with Crippen LogP contribution in [-0.2, 0) is 0 Å². The van der Waals surface area contributed by atoms with Gasteiger partial charge in [0.2, 0.25) is 0 Å². The Morgan fingerprint density at radius 1 is 1.47 bits per heavy atom. The third-order valence-corrected chi connectivity index (χ3v) is 2.81. The highest BCUT2D eigenvalue weighted by Gasteiger charge is 2.24. The van der Waals surface area contributed by atoms with Gasteiger partial charge in [-0.2, -0.15) is 0 Å². The molecule has 0 atom stereocenters. The Kier molecular flexibility index (Phi) is 5.56. The van der Waals surface area contributed by atoms with Gasteiger partial charge in [0, 0.05) is 11.4 Å². The van der Waals surface area contributed by atoms with Crippen molar-refractivity contribution < 1.29 is 24.3 Å². The zero-order valence-electron chi connectivity index (χ0n) is 10.1. The Morgan fingerprint density at radius 3 is 2.63 bits per heavy atom. The Bertz CT molecular complexity index is 490. The van der Waals surface area contributed by atoms with Gasteiger partial charge in [0.25, 0.3) is 5.69 Å². The summed E-state index contributed by atoms with van der Waals surface area (Å²) in [6, 6.07) is 2.15. The smallest absolute Gasteiger partial charge is 0.342 e. The Labute approximate surface area is 117 Å². The van der Waals surface area contributed by atoms with Gasteiger partial charge in [-0.3, -0.25) is 10.1 Å². The molecule has 1 aromatic rings. The van der Waals surface area contributed by atoms with Crippen LogP contribution in [-0.4, -0.2) is 35.0 Å². The predicted molar refractivity (Wildman–Crippen MR) is 70.5 cm³/mol. The van der Waals surface area contributed by atoms with Crippen LogP contribution in [0.2, 0.25) is 0 Å². The number of rotatable bonds is 7. The number of carbonyl (C=O) groups is 1. The molecule has 8 heteroatoms. The fraction of sp³-hybridized carbons (Fsp3) is 0.364. The molecule has 0 fully saturated rings. The average Bonchev–Trinajstić information content (AvgIpc) is 2.38. The van der Waals surface area contributed by atoms with Crippen LogP contribution < -0.4 is 9.47 Å². The van der Waals surface area contributed by atoms with E-state index in [0.717, 1.165) is 17.5 Å². The SMILES string of the molecule is COc1cc(C(=O)O)c([N+](=O)[O-])cc1OCCCBr. The first kappa shape index (κ1) is 15.2. The predicted octanol–water partition coefficient (Wildman–Crippen LogP) is 2.47. The second-order valence-electron chi connectivity index (χ2n) is 3.47. The van der Waals surface area contributed by atoms with E-state index in [1.165, 1.54) is 7.11 Å². The van der Waals surface area contributed by atoms with Gasteiger partial charge in [-0.25, -0.2) is 4.79 Å². The molecule has 1 rings (SSSR count). The second kappa shape index (κ2) is 6.93. The van der Waals surface area contributed by atoms with Crippen LogP contribution >= 0.6 is 15.9 Å². The van der Waals surface area contributed by atoms with Crippen molar-refractivity contribution in [2.24, 2.45) is 0 Å². The van der Waals surface area contributed by atoms with Crippen LogP contribution in [0.25, 0.3) is 0 Å². The first-order chi connectivity index (χ1) is 9.01.